The summed E-state index contributed by atoms with van der Waals surface area (Å²) in [5, 5.41) is 4.68. The molecule has 0 unspecified atom stereocenters. The Morgan fingerprint density at radius 3 is 2.86 bits per heavy atom. The SMILES string of the molecule is O=C(C[C@H]1Oc2ccccc2NC1=O)NN1CCCCC1. The molecule has 1 saturated heterocycles. The highest BCUT2D eigenvalue weighted by atomic mass is 16.5. The van der Waals surface area contributed by atoms with Gasteiger partial charge >= 0.3 is 0 Å². The van der Waals surface area contributed by atoms with Crippen molar-refractivity contribution in [1.82, 2.24) is 10.4 Å². The van der Waals surface area contributed by atoms with Crippen LogP contribution >= 0.6 is 0 Å². The quantitative estimate of drug-likeness (QED) is 0.879. The van der Waals surface area contributed by atoms with E-state index in [2.05, 4.69) is 10.7 Å². The van der Waals surface area contributed by atoms with Gasteiger partial charge in [0.2, 0.25) is 5.91 Å². The molecule has 112 valence electrons. The number of ether oxygens (including phenoxy) is 1. The second-order valence-electron chi connectivity index (χ2n) is 5.38. The largest absolute Gasteiger partial charge is 0.478 e. The third kappa shape index (κ3) is 3.33. The fourth-order valence-electron chi connectivity index (χ4n) is 2.62. The molecule has 0 spiro atoms. The van der Waals surface area contributed by atoms with Gasteiger partial charge in [-0.3, -0.25) is 15.0 Å². The van der Waals surface area contributed by atoms with Crippen LogP contribution in [-0.2, 0) is 9.59 Å². The highest BCUT2D eigenvalue weighted by Crippen LogP contribution is 2.29. The Kier molecular flexibility index (Phi) is 4.06. The van der Waals surface area contributed by atoms with Crippen molar-refractivity contribution in [3.05, 3.63) is 24.3 Å². The molecule has 2 amide bonds. The number of nitrogens with zero attached hydrogens (tertiary/aromatic N) is 1. The van der Waals surface area contributed by atoms with Crippen LogP contribution in [0, 0.1) is 0 Å². The number of amides is 2. The zero-order valence-electron chi connectivity index (χ0n) is 11.8. The van der Waals surface area contributed by atoms with E-state index >= 15 is 0 Å². The van der Waals surface area contributed by atoms with Crippen LogP contribution in [0.4, 0.5) is 5.69 Å². The topological polar surface area (TPSA) is 70.7 Å². The number of benzene rings is 1. The molecule has 3 rings (SSSR count). The lowest BCUT2D eigenvalue weighted by Crippen LogP contribution is -2.48. The summed E-state index contributed by atoms with van der Waals surface area (Å²) in [6.07, 6.45) is 2.64. The number of carbonyl (C=O) groups is 2. The first-order chi connectivity index (χ1) is 10.2. The molecule has 2 N–H and O–H groups in total. The minimum atomic E-state index is -0.773. The van der Waals surface area contributed by atoms with Crippen molar-refractivity contribution in [2.75, 3.05) is 18.4 Å². The van der Waals surface area contributed by atoms with Crippen LogP contribution in [-0.4, -0.2) is 36.0 Å². The van der Waals surface area contributed by atoms with Gasteiger partial charge in [0.1, 0.15) is 5.75 Å². The molecule has 2 heterocycles. The molecule has 1 aromatic rings. The summed E-state index contributed by atoms with van der Waals surface area (Å²) in [6.45, 7) is 1.73. The van der Waals surface area contributed by atoms with Gasteiger partial charge in [-0.1, -0.05) is 18.6 Å². The van der Waals surface area contributed by atoms with E-state index in [4.69, 9.17) is 4.74 Å². The Hall–Kier alpha value is -2.08. The Balaban J connectivity index is 1.57. The van der Waals surface area contributed by atoms with Crippen LogP contribution in [0.15, 0.2) is 24.3 Å². The Labute approximate surface area is 123 Å². The average Bonchev–Trinajstić information content (AvgIpc) is 2.49. The van der Waals surface area contributed by atoms with Crippen molar-refractivity contribution in [3.8, 4) is 5.75 Å². The first kappa shape index (κ1) is 13.9. The molecule has 0 aromatic heterocycles. The summed E-state index contributed by atoms with van der Waals surface area (Å²) in [5.74, 6) is 0.145. The molecule has 0 aliphatic carbocycles. The Morgan fingerprint density at radius 1 is 1.29 bits per heavy atom. The predicted octanol–water partition coefficient (Wildman–Crippen LogP) is 1.29. The van der Waals surface area contributed by atoms with Crippen molar-refractivity contribution in [1.29, 1.82) is 0 Å². The van der Waals surface area contributed by atoms with Gasteiger partial charge in [0.25, 0.3) is 5.91 Å². The molecule has 1 fully saturated rings. The van der Waals surface area contributed by atoms with Crippen molar-refractivity contribution in [2.45, 2.75) is 31.8 Å². The number of nitrogens with one attached hydrogen (secondary N) is 2. The summed E-state index contributed by atoms with van der Waals surface area (Å²) in [7, 11) is 0. The molecule has 0 bridgehead atoms. The van der Waals surface area contributed by atoms with Gasteiger partial charge in [-0.2, -0.15) is 0 Å². The third-order valence-electron chi connectivity index (χ3n) is 3.72. The fourth-order valence-corrected chi connectivity index (χ4v) is 2.62. The van der Waals surface area contributed by atoms with Crippen LogP contribution in [0.1, 0.15) is 25.7 Å². The zero-order chi connectivity index (χ0) is 14.7. The van der Waals surface area contributed by atoms with Crippen LogP contribution in [0.25, 0.3) is 0 Å². The highest BCUT2D eigenvalue weighted by Gasteiger charge is 2.30. The predicted molar refractivity (Wildman–Crippen MR) is 77.7 cm³/mol. The number of hydrogen-bond acceptors (Lipinski definition) is 4. The van der Waals surface area contributed by atoms with E-state index in [0.717, 1.165) is 25.9 Å². The highest BCUT2D eigenvalue weighted by molar-refractivity contribution is 5.99. The molecule has 0 radical (unpaired) electrons. The molecular weight excluding hydrogens is 270 g/mol. The van der Waals surface area contributed by atoms with E-state index in [1.807, 2.05) is 17.1 Å². The van der Waals surface area contributed by atoms with Gasteiger partial charge in [0.05, 0.1) is 12.1 Å². The smallest absolute Gasteiger partial charge is 0.266 e. The van der Waals surface area contributed by atoms with Gasteiger partial charge in [0.15, 0.2) is 6.10 Å². The zero-order valence-corrected chi connectivity index (χ0v) is 11.8. The lowest BCUT2D eigenvalue weighted by atomic mass is 10.1. The van der Waals surface area contributed by atoms with E-state index in [1.54, 1.807) is 12.1 Å². The first-order valence-corrected chi connectivity index (χ1v) is 7.33. The van der Waals surface area contributed by atoms with Crippen molar-refractivity contribution in [2.24, 2.45) is 0 Å². The molecular formula is C15H19N3O3. The van der Waals surface area contributed by atoms with Gasteiger partial charge < -0.3 is 10.1 Å². The van der Waals surface area contributed by atoms with Crippen LogP contribution in [0.2, 0.25) is 0 Å². The Morgan fingerprint density at radius 2 is 2.05 bits per heavy atom. The number of fused-ring (bicyclic) bond motifs is 1. The maximum absolute atomic E-state index is 12.0. The standard InChI is InChI=1S/C15H19N3O3/c19-14(17-18-8-4-1-5-9-18)10-13-15(20)16-11-6-2-3-7-12(11)21-13/h2-3,6-7,13H,1,4-5,8-10H2,(H,16,20)(H,17,19)/t13-/m1/s1. The number of piperidine rings is 1. The molecule has 2 aliphatic heterocycles. The fraction of sp³-hybridized carbons (Fsp3) is 0.467. The minimum absolute atomic E-state index is 0.0245. The second kappa shape index (κ2) is 6.13. The summed E-state index contributed by atoms with van der Waals surface area (Å²) < 4.78 is 5.61. The van der Waals surface area contributed by atoms with Gasteiger partial charge in [-0.15, -0.1) is 0 Å². The van der Waals surface area contributed by atoms with Gasteiger partial charge in [-0.25, -0.2) is 5.01 Å². The molecule has 0 saturated carbocycles. The molecule has 6 heteroatoms. The summed E-state index contributed by atoms with van der Waals surface area (Å²) in [5.41, 5.74) is 3.49. The Bertz CT molecular complexity index is 541. The normalized spacial score (nSPS) is 21.9. The molecule has 1 atom stereocenters. The van der Waals surface area contributed by atoms with Crippen LogP contribution < -0.4 is 15.5 Å². The summed E-state index contributed by atoms with van der Waals surface area (Å²) in [4.78, 5) is 24.0. The van der Waals surface area contributed by atoms with E-state index < -0.39 is 6.10 Å². The third-order valence-corrected chi connectivity index (χ3v) is 3.72. The van der Waals surface area contributed by atoms with E-state index in [-0.39, 0.29) is 18.2 Å². The molecule has 6 nitrogen and oxygen atoms in total. The van der Waals surface area contributed by atoms with E-state index in [9.17, 15) is 9.59 Å². The maximum Gasteiger partial charge on any atom is 0.266 e. The van der Waals surface area contributed by atoms with Crippen molar-refractivity contribution in [3.63, 3.8) is 0 Å². The first-order valence-electron chi connectivity index (χ1n) is 7.33. The second-order valence-corrected chi connectivity index (χ2v) is 5.38. The minimum Gasteiger partial charge on any atom is -0.478 e. The summed E-state index contributed by atoms with van der Waals surface area (Å²) >= 11 is 0. The average molecular weight is 289 g/mol. The number of rotatable bonds is 3. The monoisotopic (exact) mass is 289 g/mol. The lowest BCUT2D eigenvalue weighted by molar-refractivity contribution is -0.133. The molecule has 2 aliphatic rings. The van der Waals surface area contributed by atoms with E-state index in [0.29, 0.717) is 11.4 Å². The van der Waals surface area contributed by atoms with Crippen LogP contribution in [0.5, 0.6) is 5.75 Å². The number of hydrazine groups is 1. The summed E-state index contributed by atoms with van der Waals surface area (Å²) in [6, 6.07) is 7.22. The van der Waals surface area contributed by atoms with E-state index in [1.165, 1.54) is 6.42 Å². The van der Waals surface area contributed by atoms with Crippen LogP contribution in [0.3, 0.4) is 0 Å². The number of anilines is 1. The van der Waals surface area contributed by atoms with Crippen molar-refractivity contribution < 1.29 is 14.3 Å². The lowest BCUT2D eigenvalue weighted by Gasteiger charge is -2.29. The maximum atomic E-state index is 12.0. The number of para-hydroxylation sites is 2. The van der Waals surface area contributed by atoms with Crippen molar-refractivity contribution >= 4 is 17.5 Å². The molecule has 21 heavy (non-hydrogen) atoms. The van der Waals surface area contributed by atoms with Gasteiger partial charge in [0, 0.05) is 13.1 Å². The number of carbonyl (C=O) groups excluding carboxylic acids is 2. The number of hydrogen-bond donors (Lipinski definition) is 2. The molecule has 1 aromatic carbocycles. The van der Waals surface area contributed by atoms with Gasteiger partial charge in [-0.05, 0) is 25.0 Å².